The second-order valence-electron chi connectivity index (χ2n) is 3.67. The summed E-state index contributed by atoms with van der Waals surface area (Å²) in [6.45, 7) is 1.76. The number of carbonyl (C=O) groups is 1. The van der Waals surface area contributed by atoms with Gasteiger partial charge in [0.1, 0.15) is 0 Å². The van der Waals surface area contributed by atoms with Gasteiger partial charge in [-0.2, -0.15) is 4.31 Å². The van der Waals surface area contributed by atoms with Gasteiger partial charge in [0.2, 0.25) is 15.9 Å². The number of methoxy groups -OCH3 is 1. The molecule has 88 valence electrons. The quantitative estimate of drug-likeness (QED) is 0.633. The summed E-state index contributed by atoms with van der Waals surface area (Å²) in [6.07, 6.45) is -0.365. The van der Waals surface area contributed by atoms with Gasteiger partial charge < -0.3 is 9.64 Å². The van der Waals surface area contributed by atoms with Crippen LogP contribution in [-0.2, 0) is 19.6 Å². The van der Waals surface area contributed by atoms with Gasteiger partial charge in [0.05, 0.1) is 25.1 Å². The molecule has 0 aromatic heterocycles. The van der Waals surface area contributed by atoms with Gasteiger partial charge in [0.25, 0.3) is 0 Å². The second kappa shape index (κ2) is 4.46. The van der Waals surface area contributed by atoms with E-state index in [-0.39, 0.29) is 31.0 Å². The van der Waals surface area contributed by atoms with Crippen molar-refractivity contribution in [2.24, 2.45) is 0 Å². The van der Waals surface area contributed by atoms with Crippen molar-refractivity contribution in [1.82, 2.24) is 9.21 Å². The highest BCUT2D eigenvalue weighted by atomic mass is 32.2. The van der Waals surface area contributed by atoms with Crippen molar-refractivity contribution < 1.29 is 17.9 Å². The van der Waals surface area contributed by atoms with Crippen molar-refractivity contribution in [2.45, 2.75) is 13.0 Å². The van der Waals surface area contributed by atoms with Crippen LogP contribution in [0, 0.1) is 0 Å². The van der Waals surface area contributed by atoms with Crippen LogP contribution in [0.4, 0.5) is 0 Å². The van der Waals surface area contributed by atoms with Crippen LogP contribution in [0.1, 0.15) is 6.92 Å². The molecule has 0 spiro atoms. The fourth-order valence-electron chi connectivity index (χ4n) is 1.29. The summed E-state index contributed by atoms with van der Waals surface area (Å²) in [7, 11) is -0.351. The van der Waals surface area contributed by atoms with Crippen LogP contribution in [-0.4, -0.2) is 62.8 Å². The van der Waals surface area contributed by atoms with Crippen molar-refractivity contribution in [3.8, 4) is 0 Å². The van der Waals surface area contributed by atoms with Crippen LogP contribution in [0.5, 0.6) is 0 Å². The number of amides is 1. The molecule has 1 rings (SSSR count). The van der Waals surface area contributed by atoms with E-state index < -0.39 is 10.0 Å². The number of ether oxygens (including phenoxy) is 1. The van der Waals surface area contributed by atoms with E-state index in [4.69, 9.17) is 4.74 Å². The number of likely N-dealkylation sites (N-methyl/N-ethyl adjacent to an activating group) is 1. The molecule has 6 nitrogen and oxygen atoms in total. The van der Waals surface area contributed by atoms with Gasteiger partial charge in [-0.3, -0.25) is 4.79 Å². The molecule has 0 aromatic rings. The Bertz CT molecular complexity index is 341. The summed E-state index contributed by atoms with van der Waals surface area (Å²) >= 11 is 0. The third kappa shape index (κ3) is 2.90. The summed E-state index contributed by atoms with van der Waals surface area (Å²) in [5.74, 6) is -0.270. The van der Waals surface area contributed by atoms with Crippen LogP contribution in [0.3, 0.4) is 0 Å². The number of sulfonamides is 1. The molecule has 1 aliphatic rings. The van der Waals surface area contributed by atoms with Crippen molar-refractivity contribution in [3.05, 3.63) is 0 Å². The maximum absolute atomic E-state index is 11.8. The lowest BCUT2D eigenvalue weighted by atomic mass is 10.5. The molecule has 0 N–H and O–H groups in total. The highest BCUT2D eigenvalue weighted by Gasteiger charge is 2.34. The van der Waals surface area contributed by atoms with Gasteiger partial charge in [0, 0.05) is 14.2 Å². The van der Waals surface area contributed by atoms with Crippen LogP contribution < -0.4 is 0 Å². The molecule has 15 heavy (non-hydrogen) atoms. The molecular weight excluding hydrogens is 220 g/mol. The molecule has 0 saturated carbocycles. The highest BCUT2D eigenvalue weighted by Crippen LogP contribution is 2.11. The van der Waals surface area contributed by atoms with Gasteiger partial charge in [0.15, 0.2) is 0 Å². The molecule has 0 radical (unpaired) electrons. The highest BCUT2D eigenvalue weighted by molar-refractivity contribution is 7.89. The zero-order valence-electron chi connectivity index (χ0n) is 9.13. The summed E-state index contributed by atoms with van der Waals surface area (Å²) in [5.41, 5.74) is 0. The van der Waals surface area contributed by atoms with E-state index in [1.165, 1.54) is 16.3 Å². The van der Waals surface area contributed by atoms with Crippen molar-refractivity contribution >= 4 is 15.9 Å². The fraction of sp³-hybridized carbons (Fsp3) is 0.875. The molecule has 7 heteroatoms. The van der Waals surface area contributed by atoms with Gasteiger partial charge in [-0.15, -0.1) is 0 Å². The SMILES string of the molecule is COC(C)CS(=O)(=O)N1CC(=O)N(C)C1. The zero-order valence-corrected chi connectivity index (χ0v) is 9.95. The number of hydrogen-bond donors (Lipinski definition) is 0. The fourth-order valence-corrected chi connectivity index (χ4v) is 2.89. The Morgan fingerprint density at radius 1 is 1.53 bits per heavy atom. The van der Waals surface area contributed by atoms with Gasteiger partial charge >= 0.3 is 0 Å². The lowest BCUT2D eigenvalue weighted by Gasteiger charge is -2.17. The Kier molecular flexibility index (Phi) is 3.69. The first-order chi connectivity index (χ1) is 6.86. The molecular formula is C8H16N2O4S. The molecule has 1 saturated heterocycles. The minimum absolute atomic E-state index is 0.0603. The molecule has 1 fully saturated rings. The molecule has 1 aliphatic heterocycles. The Labute approximate surface area is 89.8 Å². The molecule has 0 bridgehead atoms. The summed E-state index contributed by atoms with van der Waals surface area (Å²) in [6, 6.07) is 0. The molecule has 1 atom stereocenters. The number of hydrogen-bond acceptors (Lipinski definition) is 4. The number of rotatable bonds is 4. The molecule has 1 unspecified atom stereocenters. The first kappa shape index (κ1) is 12.4. The van der Waals surface area contributed by atoms with Crippen LogP contribution in [0.25, 0.3) is 0 Å². The lowest BCUT2D eigenvalue weighted by Crippen LogP contribution is -2.35. The zero-order chi connectivity index (χ0) is 11.6. The predicted octanol–water partition coefficient (Wildman–Crippen LogP) is -0.917. The molecule has 0 aliphatic carbocycles. The smallest absolute Gasteiger partial charge is 0.238 e. The average Bonchev–Trinajstić information content (AvgIpc) is 2.47. The number of nitrogens with zero attached hydrogens (tertiary/aromatic N) is 2. The molecule has 1 amide bonds. The molecule has 0 aromatic carbocycles. The van der Waals surface area contributed by atoms with E-state index in [2.05, 4.69) is 0 Å². The van der Waals surface area contributed by atoms with Crippen LogP contribution >= 0.6 is 0 Å². The normalized spacial score (nSPS) is 21.0. The minimum atomic E-state index is -3.39. The third-order valence-electron chi connectivity index (χ3n) is 2.35. The monoisotopic (exact) mass is 236 g/mol. The Morgan fingerprint density at radius 2 is 2.13 bits per heavy atom. The maximum atomic E-state index is 11.8. The maximum Gasteiger partial charge on any atom is 0.238 e. The first-order valence-corrected chi connectivity index (χ1v) is 6.22. The second-order valence-corrected chi connectivity index (χ2v) is 5.68. The van der Waals surface area contributed by atoms with Crippen LogP contribution in [0.15, 0.2) is 0 Å². The van der Waals surface area contributed by atoms with Crippen molar-refractivity contribution in [2.75, 3.05) is 33.1 Å². The van der Waals surface area contributed by atoms with E-state index in [1.54, 1.807) is 14.0 Å². The summed E-state index contributed by atoms with van der Waals surface area (Å²) in [4.78, 5) is 12.6. The predicted molar refractivity (Wildman–Crippen MR) is 54.6 cm³/mol. The standard InChI is InChI=1S/C8H16N2O4S/c1-7(14-3)5-15(12,13)10-4-8(11)9(2)6-10/h7H,4-6H2,1-3H3. The Balaban J connectivity index is 2.68. The van der Waals surface area contributed by atoms with Gasteiger partial charge in [-0.1, -0.05) is 0 Å². The van der Waals surface area contributed by atoms with E-state index in [9.17, 15) is 13.2 Å². The van der Waals surface area contributed by atoms with E-state index in [0.717, 1.165) is 0 Å². The Hall–Kier alpha value is -0.660. The minimum Gasteiger partial charge on any atom is -0.381 e. The Morgan fingerprint density at radius 3 is 2.53 bits per heavy atom. The van der Waals surface area contributed by atoms with Crippen LogP contribution in [0.2, 0.25) is 0 Å². The summed E-state index contributed by atoms with van der Waals surface area (Å²) < 4.78 is 29.6. The van der Waals surface area contributed by atoms with Crippen molar-refractivity contribution in [3.63, 3.8) is 0 Å². The van der Waals surface area contributed by atoms with E-state index in [1.807, 2.05) is 0 Å². The third-order valence-corrected chi connectivity index (χ3v) is 4.27. The van der Waals surface area contributed by atoms with E-state index >= 15 is 0 Å². The largest absolute Gasteiger partial charge is 0.381 e. The topological polar surface area (TPSA) is 66.9 Å². The van der Waals surface area contributed by atoms with Crippen molar-refractivity contribution in [1.29, 1.82) is 0 Å². The molecule has 1 heterocycles. The van der Waals surface area contributed by atoms with E-state index in [0.29, 0.717) is 0 Å². The van der Waals surface area contributed by atoms with Gasteiger partial charge in [-0.05, 0) is 6.92 Å². The lowest BCUT2D eigenvalue weighted by molar-refractivity contribution is -0.125. The number of carbonyl (C=O) groups excluding carboxylic acids is 1. The first-order valence-electron chi connectivity index (χ1n) is 4.61. The summed E-state index contributed by atoms with van der Waals surface area (Å²) in [5, 5.41) is 0. The average molecular weight is 236 g/mol. The van der Waals surface area contributed by atoms with Gasteiger partial charge in [-0.25, -0.2) is 8.42 Å².